The lowest BCUT2D eigenvalue weighted by molar-refractivity contribution is 0.0945. The van der Waals surface area contributed by atoms with Crippen LogP contribution in [0.3, 0.4) is 0 Å². The molecule has 0 aliphatic heterocycles. The molecule has 2 heterocycles. The second-order valence-corrected chi connectivity index (χ2v) is 6.11. The zero-order valence-electron chi connectivity index (χ0n) is 14.7. The van der Waals surface area contributed by atoms with E-state index in [9.17, 15) is 4.79 Å². The minimum absolute atomic E-state index is 0.122. The Morgan fingerprint density at radius 3 is 2.80 bits per heavy atom. The molecule has 0 saturated heterocycles. The van der Waals surface area contributed by atoms with Crippen molar-refractivity contribution in [1.29, 1.82) is 0 Å². The van der Waals surface area contributed by atoms with Crippen molar-refractivity contribution in [3.8, 4) is 17.1 Å². The van der Waals surface area contributed by atoms with Crippen LogP contribution >= 0.6 is 0 Å². The maximum absolute atomic E-state index is 12.7. The molecule has 0 spiro atoms. The van der Waals surface area contributed by atoms with Crippen LogP contribution in [0.1, 0.15) is 42.2 Å². The van der Waals surface area contributed by atoms with E-state index < -0.39 is 0 Å². The van der Waals surface area contributed by atoms with Crippen molar-refractivity contribution in [2.75, 3.05) is 6.54 Å². The highest BCUT2D eigenvalue weighted by Crippen LogP contribution is 2.22. The average molecular weight is 337 g/mol. The lowest BCUT2D eigenvalue weighted by Crippen LogP contribution is -2.26. The monoisotopic (exact) mass is 337 g/mol. The molecule has 0 bridgehead atoms. The van der Waals surface area contributed by atoms with Crippen LogP contribution in [0.4, 0.5) is 0 Å². The summed E-state index contributed by atoms with van der Waals surface area (Å²) >= 11 is 0. The molecule has 0 fully saturated rings. The number of carbonyl (C=O) groups excluding carboxylic acids is 1. The Labute approximate surface area is 147 Å². The van der Waals surface area contributed by atoms with Crippen molar-refractivity contribution in [3.05, 3.63) is 60.0 Å². The molecular formula is C20H23N3O2. The van der Waals surface area contributed by atoms with Crippen molar-refractivity contribution in [3.63, 3.8) is 0 Å². The molecule has 3 aromatic rings. The molecule has 2 aromatic heterocycles. The fourth-order valence-electron chi connectivity index (χ4n) is 2.71. The topological polar surface area (TPSA) is 60.1 Å². The maximum Gasteiger partial charge on any atom is 0.270 e. The minimum Gasteiger partial charge on any atom is -0.463 e. The molecule has 5 heteroatoms. The van der Waals surface area contributed by atoms with Gasteiger partial charge in [-0.3, -0.25) is 4.79 Å². The number of hydrogen-bond acceptors (Lipinski definition) is 3. The Morgan fingerprint density at radius 1 is 1.20 bits per heavy atom. The van der Waals surface area contributed by atoms with E-state index in [2.05, 4.69) is 17.3 Å². The van der Waals surface area contributed by atoms with Crippen molar-refractivity contribution < 1.29 is 9.21 Å². The van der Waals surface area contributed by atoms with Gasteiger partial charge in [-0.15, -0.1) is 0 Å². The predicted molar refractivity (Wildman–Crippen MR) is 97.9 cm³/mol. The number of hydrogen-bond donors (Lipinski definition) is 1. The Hall–Kier alpha value is -2.82. The van der Waals surface area contributed by atoms with Crippen LogP contribution in [0.25, 0.3) is 17.1 Å². The maximum atomic E-state index is 12.7. The van der Waals surface area contributed by atoms with Crippen LogP contribution in [-0.2, 0) is 0 Å². The number of nitrogens with zero attached hydrogens (tertiary/aromatic N) is 2. The summed E-state index contributed by atoms with van der Waals surface area (Å²) in [7, 11) is 0. The number of nitrogens with one attached hydrogen (secondary N) is 1. The van der Waals surface area contributed by atoms with Crippen LogP contribution in [0.15, 0.2) is 53.1 Å². The van der Waals surface area contributed by atoms with Crippen LogP contribution in [0, 0.1) is 6.92 Å². The molecule has 0 radical (unpaired) electrons. The molecule has 0 aliphatic rings. The molecule has 0 aliphatic carbocycles. The second-order valence-electron chi connectivity index (χ2n) is 6.11. The van der Waals surface area contributed by atoms with Gasteiger partial charge in [0.15, 0.2) is 5.76 Å². The molecule has 25 heavy (non-hydrogen) atoms. The van der Waals surface area contributed by atoms with E-state index in [4.69, 9.17) is 4.42 Å². The SMILES string of the molecule is CCCCCNC(=O)c1cc(-c2ccco2)nn1-c1cccc(C)c1. The first-order chi connectivity index (χ1) is 12.2. The fraction of sp³-hybridized carbons (Fsp3) is 0.300. The summed E-state index contributed by atoms with van der Waals surface area (Å²) in [5, 5.41) is 7.58. The largest absolute Gasteiger partial charge is 0.463 e. The van der Waals surface area contributed by atoms with Gasteiger partial charge >= 0.3 is 0 Å². The van der Waals surface area contributed by atoms with Gasteiger partial charge < -0.3 is 9.73 Å². The summed E-state index contributed by atoms with van der Waals surface area (Å²) in [6.45, 7) is 4.83. The first-order valence-corrected chi connectivity index (χ1v) is 8.68. The smallest absolute Gasteiger partial charge is 0.270 e. The Bertz CT molecular complexity index is 835. The van der Waals surface area contributed by atoms with E-state index in [1.54, 1.807) is 17.0 Å². The average Bonchev–Trinajstić information content (AvgIpc) is 3.27. The molecule has 1 N–H and O–H groups in total. The van der Waals surface area contributed by atoms with Gasteiger partial charge in [-0.05, 0) is 43.2 Å². The molecule has 1 amide bonds. The van der Waals surface area contributed by atoms with Crippen LogP contribution in [0.5, 0.6) is 0 Å². The molecule has 0 saturated carbocycles. The Morgan fingerprint density at radius 2 is 2.08 bits per heavy atom. The number of benzene rings is 1. The van der Waals surface area contributed by atoms with E-state index in [1.807, 2.05) is 43.3 Å². The summed E-state index contributed by atoms with van der Waals surface area (Å²) in [5.74, 6) is 0.523. The summed E-state index contributed by atoms with van der Waals surface area (Å²) in [6, 6.07) is 13.4. The van der Waals surface area contributed by atoms with Crippen molar-refractivity contribution >= 4 is 5.91 Å². The quantitative estimate of drug-likeness (QED) is 0.652. The van der Waals surface area contributed by atoms with Crippen LogP contribution in [0.2, 0.25) is 0 Å². The van der Waals surface area contributed by atoms with E-state index in [0.717, 1.165) is 30.5 Å². The number of amides is 1. The molecule has 0 atom stereocenters. The summed E-state index contributed by atoms with van der Waals surface area (Å²) < 4.78 is 7.11. The third-order valence-electron chi connectivity index (χ3n) is 4.03. The lowest BCUT2D eigenvalue weighted by atomic mass is 10.2. The molecule has 130 valence electrons. The van der Waals surface area contributed by atoms with Gasteiger partial charge in [-0.1, -0.05) is 31.9 Å². The first-order valence-electron chi connectivity index (χ1n) is 8.68. The van der Waals surface area contributed by atoms with E-state index in [-0.39, 0.29) is 5.91 Å². The van der Waals surface area contributed by atoms with Crippen molar-refractivity contribution in [2.45, 2.75) is 33.1 Å². The first kappa shape index (κ1) is 17.0. The number of furan rings is 1. The van der Waals surface area contributed by atoms with Crippen LogP contribution < -0.4 is 5.32 Å². The summed E-state index contributed by atoms with van der Waals surface area (Å²) in [5.41, 5.74) is 3.12. The third kappa shape index (κ3) is 3.99. The second kappa shape index (κ2) is 7.83. The number of unbranched alkanes of at least 4 members (excludes halogenated alkanes) is 2. The van der Waals surface area contributed by atoms with Gasteiger partial charge in [0, 0.05) is 12.6 Å². The van der Waals surface area contributed by atoms with Gasteiger partial charge in [0.2, 0.25) is 0 Å². The van der Waals surface area contributed by atoms with Gasteiger partial charge in [-0.2, -0.15) is 5.10 Å². The standard InChI is InChI=1S/C20H23N3O2/c1-3-4-5-11-21-20(24)18-14-17(19-10-7-12-25-19)22-23(18)16-9-6-8-15(2)13-16/h6-10,12-14H,3-5,11H2,1-2H3,(H,21,24). The van der Waals surface area contributed by atoms with Gasteiger partial charge in [0.1, 0.15) is 11.4 Å². The lowest BCUT2D eigenvalue weighted by Gasteiger charge is -2.08. The molecule has 5 nitrogen and oxygen atoms in total. The normalized spacial score (nSPS) is 10.8. The molecule has 0 unspecified atom stereocenters. The number of aromatic nitrogens is 2. The number of rotatable bonds is 7. The highest BCUT2D eigenvalue weighted by Gasteiger charge is 2.18. The third-order valence-corrected chi connectivity index (χ3v) is 4.03. The molecule has 3 rings (SSSR count). The number of carbonyl (C=O) groups is 1. The van der Waals surface area contributed by atoms with E-state index in [1.165, 1.54) is 0 Å². The van der Waals surface area contributed by atoms with E-state index >= 15 is 0 Å². The zero-order valence-corrected chi connectivity index (χ0v) is 14.7. The van der Waals surface area contributed by atoms with Crippen molar-refractivity contribution in [2.24, 2.45) is 0 Å². The molecule has 1 aromatic carbocycles. The predicted octanol–water partition coefficient (Wildman–Crippen LogP) is 4.36. The summed E-state index contributed by atoms with van der Waals surface area (Å²) in [6.07, 6.45) is 4.81. The number of aryl methyl sites for hydroxylation is 1. The highest BCUT2D eigenvalue weighted by molar-refractivity contribution is 5.94. The van der Waals surface area contributed by atoms with Gasteiger partial charge in [-0.25, -0.2) is 4.68 Å². The molecular weight excluding hydrogens is 314 g/mol. The van der Waals surface area contributed by atoms with Crippen LogP contribution in [-0.4, -0.2) is 22.2 Å². The Kier molecular flexibility index (Phi) is 5.33. The fourth-order valence-corrected chi connectivity index (χ4v) is 2.71. The van der Waals surface area contributed by atoms with Gasteiger partial charge in [0.05, 0.1) is 12.0 Å². The zero-order chi connectivity index (χ0) is 17.6. The van der Waals surface area contributed by atoms with Crippen molar-refractivity contribution in [1.82, 2.24) is 15.1 Å². The summed E-state index contributed by atoms with van der Waals surface area (Å²) in [4.78, 5) is 12.7. The van der Waals surface area contributed by atoms with E-state index in [0.29, 0.717) is 23.7 Å². The highest BCUT2D eigenvalue weighted by atomic mass is 16.3. The minimum atomic E-state index is -0.122. The Balaban J connectivity index is 1.93. The van der Waals surface area contributed by atoms with Gasteiger partial charge in [0.25, 0.3) is 5.91 Å².